The number of methoxy groups -OCH3 is 1. The molecule has 0 aliphatic carbocycles. The third-order valence-corrected chi connectivity index (χ3v) is 3.41. The van der Waals surface area contributed by atoms with E-state index >= 15 is 0 Å². The van der Waals surface area contributed by atoms with Crippen molar-refractivity contribution >= 4 is 11.4 Å². The monoisotopic (exact) mass is 269 g/mol. The van der Waals surface area contributed by atoms with Gasteiger partial charge in [0.25, 0.3) is 0 Å². The molecule has 1 atom stereocenters. The molecule has 6 nitrogen and oxygen atoms in total. The number of ether oxygens (including phenoxy) is 1. The van der Waals surface area contributed by atoms with E-state index in [1.807, 2.05) is 0 Å². The number of hydrogen-bond acceptors (Lipinski definition) is 5. The Morgan fingerprint density at radius 3 is 2.84 bits per heavy atom. The maximum atomic E-state index is 14.0. The van der Waals surface area contributed by atoms with Gasteiger partial charge >= 0.3 is 5.69 Å². The Morgan fingerprint density at radius 1 is 1.58 bits per heavy atom. The summed E-state index contributed by atoms with van der Waals surface area (Å²) in [7, 11) is 3.11. The molecule has 19 heavy (non-hydrogen) atoms. The first kappa shape index (κ1) is 13.5. The van der Waals surface area contributed by atoms with Gasteiger partial charge in [-0.3, -0.25) is 10.1 Å². The predicted molar refractivity (Wildman–Crippen MR) is 69.3 cm³/mol. The zero-order chi connectivity index (χ0) is 14.0. The molecular formula is C12H16FN3O3. The van der Waals surface area contributed by atoms with E-state index in [-0.39, 0.29) is 17.5 Å². The average molecular weight is 269 g/mol. The lowest BCUT2D eigenvalue weighted by molar-refractivity contribution is -0.385. The molecule has 1 aliphatic rings. The summed E-state index contributed by atoms with van der Waals surface area (Å²) in [5.74, 6) is -0.541. The molecular weight excluding hydrogens is 253 g/mol. The third-order valence-electron chi connectivity index (χ3n) is 3.41. The van der Waals surface area contributed by atoms with Crippen LogP contribution in [0.25, 0.3) is 0 Å². The number of nitro groups is 1. The molecule has 1 aromatic rings. The van der Waals surface area contributed by atoms with Crippen molar-refractivity contribution in [3.8, 4) is 5.75 Å². The fourth-order valence-corrected chi connectivity index (χ4v) is 2.28. The van der Waals surface area contributed by atoms with Gasteiger partial charge in [0.2, 0.25) is 0 Å². The van der Waals surface area contributed by atoms with Crippen molar-refractivity contribution in [1.29, 1.82) is 0 Å². The SMILES string of the molecule is COc1cc(N(C)C2CCNC2)c(F)cc1[N+](=O)[O-]. The lowest BCUT2D eigenvalue weighted by Gasteiger charge is -2.26. The van der Waals surface area contributed by atoms with Crippen molar-refractivity contribution in [3.05, 3.63) is 28.1 Å². The van der Waals surface area contributed by atoms with Gasteiger partial charge < -0.3 is 15.0 Å². The van der Waals surface area contributed by atoms with Crippen LogP contribution in [0.15, 0.2) is 12.1 Å². The lowest BCUT2D eigenvalue weighted by Crippen LogP contribution is -2.33. The van der Waals surface area contributed by atoms with Crippen LogP contribution in [0.2, 0.25) is 0 Å². The van der Waals surface area contributed by atoms with Crippen LogP contribution in [0.1, 0.15) is 6.42 Å². The smallest absolute Gasteiger partial charge is 0.313 e. The minimum atomic E-state index is -0.650. The zero-order valence-electron chi connectivity index (χ0n) is 10.9. The van der Waals surface area contributed by atoms with Crippen molar-refractivity contribution in [2.45, 2.75) is 12.5 Å². The van der Waals surface area contributed by atoms with Gasteiger partial charge in [-0.2, -0.15) is 0 Å². The molecule has 1 N–H and O–H groups in total. The molecule has 0 saturated carbocycles. The number of anilines is 1. The standard InChI is InChI=1S/C12H16FN3O3/c1-15(8-3-4-14-7-8)10-6-12(19-2)11(16(17)18)5-9(10)13/h5-6,8,14H,3-4,7H2,1-2H3. The minimum absolute atomic E-state index is 0.0687. The highest BCUT2D eigenvalue weighted by atomic mass is 19.1. The molecule has 0 amide bonds. The van der Waals surface area contributed by atoms with Crippen molar-refractivity contribution in [1.82, 2.24) is 5.32 Å². The molecule has 1 fully saturated rings. The zero-order valence-corrected chi connectivity index (χ0v) is 10.9. The Bertz CT molecular complexity index is 489. The number of nitrogens with one attached hydrogen (secondary N) is 1. The highest BCUT2D eigenvalue weighted by Crippen LogP contribution is 2.34. The topological polar surface area (TPSA) is 67.6 Å². The number of nitro benzene ring substituents is 1. The fourth-order valence-electron chi connectivity index (χ4n) is 2.28. The van der Waals surface area contributed by atoms with Crippen molar-refractivity contribution in [2.75, 3.05) is 32.1 Å². The van der Waals surface area contributed by atoms with Crippen LogP contribution in [0.4, 0.5) is 15.8 Å². The average Bonchev–Trinajstić information content (AvgIpc) is 2.91. The first-order chi connectivity index (χ1) is 9.04. The molecule has 0 spiro atoms. The van der Waals surface area contributed by atoms with E-state index in [9.17, 15) is 14.5 Å². The van der Waals surface area contributed by atoms with E-state index in [1.54, 1.807) is 11.9 Å². The number of likely N-dealkylation sites (N-methyl/N-ethyl adjacent to an activating group) is 1. The quantitative estimate of drug-likeness (QED) is 0.663. The first-order valence-corrected chi connectivity index (χ1v) is 6.00. The normalized spacial score (nSPS) is 18.4. The van der Waals surface area contributed by atoms with Gasteiger partial charge in [0.1, 0.15) is 0 Å². The third kappa shape index (κ3) is 2.60. The van der Waals surface area contributed by atoms with Gasteiger partial charge in [0.05, 0.1) is 23.8 Å². The highest BCUT2D eigenvalue weighted by Gasteiger charge is 2.25. The Hall–Kier alpha value is -1.89. The number of nitrogens with zero attached hydrogens (tertiary/aromatic N) is 2. The number of halogens is 1. The molecule has 1 aliphatic heterocycles. The largest absolute Gasteiger partial charge is 0.490 e. The van der Waals surface area contributed by atoms with E-state index in [2.05, 4.69) is 5.32 Å². The van der Waals surface area contributed by atoms with Crippen molar-refractivity contribution in [3.63, 3.8) is 0 Å². The second kappa shape index (κ2) is 5.40. The summed E-state index contributed by atoms with van der Waals surface area (Å²) in [6, 6.07) is 2.47. The van der Waals surface area contributed by atoms with E-state index in [0.717, 1.165) is 25.6 Å². The minimum Gasteiger partial charge on any atom is -0.490 e. The second-order valence-electron chi connectivity index (χ2n) is 4.49. The fraction of sp³-hybridized carbons (Fsp3) is 0.500. The molecule has 0 radical (unpaired) electrons. The summed E-state index contributed by atoms with van der Waals surface area (Å²) >= 11 is 0. The van der Waals surface area contributed by atoms with Crippen LogP contribution >= 0.6 is 0 Å². The summed E-state index contributed by atoms with van der Waals surface area (Å²) in [4.78, 5) is 11.9. The van der Waals surface area contributed by atoms with Crippen LogP contribution in [0.5, 0.6) is 5.75 Å². The van der Waals surface area contributed by atoms with Gasteiger partial charge in [0.15, 0.2) is 11.6 Å². The van der Waals surface area contributed by atoms with E-state index < -0.39 is 10.7 Å². The molecule has 7 heteroatoms. The predicted octanol–water partition coefficient (Wildman–Crippen LogP) is 1.54. The maximum absolute atomic E-state index is 14.0. The van der Waals surface area contributed by atoms with Gasteiger partial charge in [-0.05, 0) is 13.0 Å². The number of rotatable bonds is 4. The Balaban J connectivity index is 2.37. The van der Waals surface area contributed by atoms with Crippen LogP contribution in [-0.2, 0) is 0 Å². The van der Waals surface area contributed by atoms with E-state index in [1.165, 1.54) is 13.2 Å². The van der Waals surface area contributed by atoms with Gasteiger partial charge in [-0.25, -0.2) is 4.39 Å². The Kier molecular flexibility index (Phi) is 3.84. The molecule has 1 heterocycles. The first-order valence-electron chi connectivity index (χ1n) is 6.00. The lowest BCUT2D eigenvalue weighted by atomic mass is 10.1. The molecule has 1 unspecified atom stereocenters. The summed E-state index contributed by atoms with van der Waals surface area (Å²) in [6.07, 6.45) is 0.912. The molecule has 1 saturated heterocycles. The highest BCUT2D eigenvalue weighted by molar-refractivity contribution is 5.60. The van der Waals surface area contributed by atoms with Gasteiger partial charge in [-0.15, -0.1) is 0 Å². The molecule has 0 aromatic heterocycles. The molecule has 2 rings (SSSR count). The maximum Gasteiger partial charge on any atom is 0.313 e. The molecule has 104 valence electrons. The van der Waals surface area contributed by atoms with Crippen LogP contribution in [0.3, 0.4) is 0 Å². The van der Waals surface area contributed by atoms with Crippen LogP contribution in [0, 0.1) is 15.9 Å². The molecule has 0 bridgehead atoms. The summed E-state index contributed by atoms with van der Waals surface area (Å²) in [5, 5.41) is 14.0. The summed E-state index contributed by atoms with van der Waals surface area (Å²) < 4.78 is 19.0. The molecule has 1 aromatic carbocycles. The van der Waals surface area contributed by atoms with E-state index in [4.69, 9.17) is 4.74 Å². The Labute approximate surface area is 110 Å². The second-order valence-corrected chi connectivity index (χ2v) is 4.49. The van der Waals surface area contributed by atoms with Crippen LogP contribution in [-0.4, -0.2) is 38.2 Å². The summed E-state index contributed by atoms with van der Waals surface area (Å²) in [6.45, 7) is 1.66. The van der Waals surface area contributed by atoms with E-state index in [0.29, 0.717) is 5.69 Å². The Morgan fingerprint density at radius 2 is 2.32 bits per heavy atom. The van der Waals surface area contributed by atoms with Crippen molar-refractivity contribution < 1.29 is 14.1 Å². The summed E-state index contributed by atoms with van der Waals surface area (Å²) in [5.41, 5.74) is -0.0437. The number of benzene rings is 1. The van der Waals surface area contributed by atoms with Gasteiger partial charge in [-0.1, -0.05) is 0 Å². The van der Waals surface area contributed by atoms with Gasteiger partial charge in [0, 0.05) is 25.7 Å². The van der Waals surface area contributed by atoms with Crippen molar-refractivity contribution in [2.24, 2.45) is 0 Å². The number of hydrogen-bond donors (Lipinski definition) is 1. The van der Waals surface area contributed by atoms with Crippen LogP contribution < -0.4 is 15.0 Å².